The largest absolute Gasteiger partial charge is 0.460 e. The number of nitro benzene ring substituents is 1. The fourth-order valence-corrected chi connectivity index (χ4v) is 4.73. The zero-order valence-corrected chi connectivity index (χ0v) is 22.1. The number of non-ortho nitro benzene ring substituents is 1. The van der Waals surface area contributed by atoms with Gasteiger partial charge in [-0.1, -0.05) is 24.3 Å². The van der Waals surface area contributed by atoms with Crippen LogP contribution >= 0.6 is 0 Å². The van der Waals surface area contributed by atoms with Crippen LogP contribution in [-0.4, -0.2) is 67.1 Å². The molecule has 2 aromatic rings. The van der Waals surface area contributed by atoms with Crippen LogP contribution in [0.5, 0.6) is 0 Å². The molecule has 2 aromatic carbocycles. The molecule has 2 heterocycles. The van der Waals surface area contributed by atoms with E-state index in [1.165, 1.54) is 25.3 Å². The van der Waals surface area contributed by atoms with E-state index in [0.717, 1.165) is 4.90 Å². The predicted molar refractivity (Wildman–Crippen MR) is 140 cm³/mol. The zero-order valence-electron chi connectivity index (χ0n) is 22.1. The number of dihydropyridines is 1. The maximum Gasteiger partial charge on any atom is 0.336 e. The molecule has 0 spiro atoms. The van der Waals surface area contributed by atoms with Crippen LogP contribution in [0, 0.1) is 10.1 Å². The average molecular weight is 550 g/mol. The van der Waals surface area contributed by atoms with E-state index in [-0.39, 0.29) is 54.3 Å². The second-order valence-electron chi connectivity index (χ2n) is 9.06. The number of allylic oxidation sites excluding steroid dienone is 2. The molecule has 0 radical (unpaired) electrons. The molecule has 12 heteroatoms. The highest BCUT2D eigenvalue weighted by molar-refractivity contribution is 6.21. The molecular formula is C28H27N3O9. The Kier molecular flexibility index (Phi) is 8.39. The third-order valence-electron chi connectivity index (χ3n) is 6.56. The van der Waals surface area contributed by atoms with E-state index in [0.29, 0.717) is 17.0 Å². The lowest BCUT2D eigenvalue weighted by atomic mass is 9.80. The van der Waals surface area contributed by atoms with Crippen LogP contribution in [-0.2, 0) is 23.8 Å². The number of esters is 2. The van der Waals surface area contributed by atoms with Gasteiger partial charge >= 0.3 is 11.9 Å². The summed E-state index contributed by atoms with van der Waals surface area (Å²) in [5, 5.41) is 14.5. The van der Waals surface area contributed by atoms with Crippen molar-refractivity contribution < 1.29 is 38.3 Å². The van der Waals surface area contributed by atoms with Crippen LogP contribution in [0.3, 0.4) is 0 Å². The fraction of sp³-hybridized carbons (Fsp3) is 0.286. The lowest BCUT2D eigenvalue weighted by molar-refractivity contribution is -0.384. The third kappa shape index (κ3) is 5.47. The smallest absolute Gasteiger partial charge is 0.336 e. The number of methoxy groups -OCH3 is 1. The van der Waals surface area contributed by atoms with Gasteiger partial charge in [0.1, 0.15) is 13.2 Å². The summed E-state index contributed by atoms with van der Waals surface area (Å²) in [5.41, 5.74) is 1.51. The molecule has 0 saturated carbocycles. The zero-order chi connectivity index (χ0) is 29.0. The van der Waals surface area contributed by atoms with E-state index < -0.39 is 34.6 Å². The summed E-state index contributed by atoms with van der Waals surface area (Å²) in [7, 11) is 1.45. The maximum absolute atomic E-state index is 13.5. The van der Waals surface area contributed by atoms with Crippen LogP contribution in [0.15, 0.2) is 71.1 Å². The molecule has 2 aliphatic rings. The minimum absolute atomic E-state index is 0.0344. The molecule has 12 nitrogen and oxygen atoms in total. The van der Waals surface area contributed by atoms with Gasteiger partial charge in [0.2, 0.25) is 0 Å². The first-order valence-corrected chi connectivity index (χ1v) is 12.4. The Labute approximate surface area is 229 Å². The number of ether oxygens (including phenoxy) is 3. The van der Waals surface area contributed by atoms with Crippen LogP contribution in [0.2, 0.25) is 0 Å². The standard InChI is InChI=1S/C28H27N3O9/c1-16-22(27(34)39-12-11-30-25(32)20-9-4-5-10-21(20)26(30)33)24(18-7-6-8-19(15-18)31(36)37)23(17(2)29-16)28(35)40-14-13-38-3/h4-10,15,24,29H,11-14H2,1-3H3. The Bertz CT molecular complexity index is 1430. The number of hydrogen-bond donors (Lipinski definition) is 1. The minimum Gasteiger partial charge on any atom is -0.460 e. The Balaban J connectivity index is 1.60. The van der Waals surface area contributed by atoms with Crippen LogP contribution in [0.25, 0.3) is 0 Å². The second kappa shape index (κ2) is 11.9. The van der Waals surface area contributed by atoms with Crippen molar-refractivity contribution in [2.75, 3.05) is 33.5 Å². The molecule has 4 rings (SSSR count). The number of rotatable bonds is 10. The Morgan fingerprint density at radius 2 is 1.48 bits per heavy atom. The minimum atomic E-state index is -1.05. The Morgan fingerprint density at radius 1 is 0.900 bits per heavy atom. The van der Waals surface area contributed by atoms with Gasteiger partial charge in [0.05, 0.1) is 46.3 Å². The van der Waals surface area contributed by atoms with Crippen LogP contribution in [0.4, 0.5) is 5.69 Å². The maximum atomic E-state index is 13.5. The fourth-order valence-electron chi connectivity index (χ4n) is 4.73. The van der Waals surface area contributed by atoms with E-state index in [2.05, 4.69) is 5.32 Å². The molecule has 208 valence electrons. The van der Waals surface area contributed by atoms with Gasteiger partial charge in [-0.2, -0.15) is 0 Å². The van der Waals surface area contributed by atoms with E-state index in [9.17, 15) is 29.3 Å². The number of amides is 2. The molecule has 1 N–H and O–H groups in total. The highest BCUT2D eigenvalue weighted by Gasteiger charge is 2.39. The van der Waals surface area contributed by atoms with E-state index >= 15 is 0 Å². The molecule has 1 atom stereocenters. The molecule has 1 unspecified atom stereocenters. The van der Waals surface area contributed by atoms with Crippen LogP contribution < -0.4 is 5.32 Å². The van der Waals surface area contributed by atoms with Gasteiger partial charge < -0.3 is 19.5 Å². The van der Waals surface area contributed by atoms with Gasteiger partial charge in [-0.15, -0.1) is 0 Å². The van der Waals surface area contributed by atoms with Gasteiger partial charge in [0.15, 0.2) is 0 Å². The third-order valence-corrected chi connectivity index (χ3v) is 6.56. The highest BCUT2D eigenvalue weighted by atomic mass is 16.6. The number of carbonyl (C=O) groups excluding carboxylic acids is 4. The normalized spacial score (nSPS) is 16.6. The molecular weight excluding hydrogens is 522 g/mol. The van der Waals surface area contributed by atoms with Crippen molar-refractivity contribution in [3.63, 3.8) is 0 Å². The number of nitro groups is 1. The first-order valence-electron chi connectivity index (χ1n) is 12.4. The second-order valence-corrected chi connectivity index (χ2v) is 9.06. The van der Waals surface area contributed by atoms with Crippen molar-refractivity contribution >= 4 is 29.4 Å². The molecule has 2 amide bonds. The molecule has 40 heavy (non-hydrogen) atoms. The summed E-state index contributed by atoms with van der Waals surface area (Å²) in [4.78, 5) is 63.8. The van der Waals surface area contributed by atoms with Gasteiger partial charge in [0.25, 0.3) is 17.5 Å². The van der Waals surface area contributed by atoms with Crippen LogP contribution in [0.1, 0.15) is 46.0 Å². The Morgan fingerprint density at radius 3 is 2.02 bits per heavy atom. The monoisotopic (exact) mass is 549 g/mol. The van der Waals surface area contributed by atoms with Crippen molar-refractivity contribution in [3.8, 4) is 0 Å². The predicted octanol–water partition coefficient (Wildman–Crippen LogP) is 2.86. The SMILES string of the molecule is COCCOC(=O)C1=C(C)NC(C)=C(C(=O)OCCN2C(=O)c3ccccc3C2=O)C1c1cccc([N+](=O)[O-])c1. The molecule has 0 aliphatic carbocycles. The van der Waals surface area contributed by atoms with Crippen molar-refractivity contribution in [2.45, 2.75) is 19.8 Å². The number of nitrogens with zero attached hydrogens (tertiary/aromatic N) is 2. The molecule has 0 aromatic heterocycles. The average Bonchev–Trinajstić information content (AvgIpc) is 3.17. The number of carbonyl (C=O) groups is 4. The first-order chi connectivity index (χ1) is 19.1. The van der Waals surface area contributed by atoms with Crippen molar-refractivity contribution in [2.24, 2.45) is 0 Å². The van der Waals surface area contributed by atoms with Gasteiger partial charge in [0, 0.05) is 30.6 Å². The molecule has 2 aliphatic heterocycles. The summed E-state index contributed by atoms with van der Waals surface area (Å²) >= 11 is 0. The first kappa shape index (κ1) is 28.2. The lowest BCUT2D eigenvalue weighted by Crippen LogP contribution is -2.35. The topological polar surface area (TPSA) is 154 Å². The molecule has 0 saturated heterocycles. The summed E-state index contributed by atoms with van der Waals surface area (Å²) < 4.78 is 15.8. The lowest BCUT2D eigenvalue weighted by Gasteiger charge is -2.30. The summed E-state index contributed by atoms with van der Waals surface area (Å²) in [6.45, 7) is 2.86. The van der Waals surface area contributed by atoms with E-state index in [1.807, 2.05) is 0 Å². The molecule has 0 bridgehead atoms. The van der Waals surface area contributed by atoms with Crippen molar-refractivity contribution in [3.05, 3.63) is 97.9 Å². The van der Waals surface area contributed by atoms with Gasteiger partial charge in [-0.3, -0.25) is 24.6 Å². The van der Waals surface area contributed by atoms with E-state index in [1.54, 1.807) is 44.2 Å². The summed E-state index contributed by atoms with van der Waals surface area (Å²) in [5.74, 6) is -3.58. The van der Waals surface area contributed by atoms with E-state index in [4.69, 9.17) is 14.2 Å². The summed E-state index contributed by atoms with van der Waals surface area (Å²) in [6, 6.07) is 12.0. The number of imide groups is 1. The van der Waals surface area contributed by atoms with Gasteiger partial charge in [-0.25, -0.2) is 9.59 Å². The number of nitrogens with one attached hydrogen (secondary N) is 1. The Hall–Kier alpha value is -4.84. The number of hydrogen-bond acceptors (Lipinski definition) is 10. The quantitative estimate of drug-likeness (QED) is 0.154. The molecule has 0 fully saturated rings. The van der Waals surface area contributed by atoms with Crippen molar-refractivity contribution in [1.29, 1.82) is 0 Å². The van der Waals surface area contributed by atoms with Gasteiger partial charge in [-0.05, 0) is 31.5 Å². The summed E-state index contributed by atoms with van der Waals surface area (Å²) in [6.07, 6.45) is 0. The highest BCUT2D eigenvalue weighted by Crippen LogP contribution is 2.40. The van der Waals surface area contributed by atoms with Crippen molar-refractivity contribution in [1.82, 2.24) is 10.2 Å². The number of fused-ring (bicyclic) bond motifs is 1. The number of benzene rings is 2.